The average molecular weight is 386 g/mol. The first-order valence-corrected chi connectivity index (χ1v) is 9.38. The fourth-order valence-corrected chi connectivity index (χ4v) is 4.77. The van der Waals surface area contributed by atoms with E-state index in [-0.39, 0.29) is 24.7 Å². The van der Waals surface area contributed by atoms with Gasteiger partial charge >= 0.3 is 0 Å². The fraction of sp³-hybridized carbons (Fsp3) is 0.381. The van der Waals surface area contributed by atoms with Gasteiger partial charge in [0.15, 0.2) is 0 Å². The Labute approximate surface area is 160 Å². The average Bonchev–Trinajstić information content (AvgIpc) is 3.04. The molecule has 2 aliphatic heterocycles. The van der Waals surface area contributed by atoms with Crippen molar-refractivity contribution in [3.05, 3.63) is 53.6 Å². The molecule has 2 unspecified atom stereocenters. The van der Waals surface area contributed by atoms with E-state index in [0.717, 1.165) is 18.1 Å². The largest absolute Gasteiger partial charge is 0.490 e. The second kappa shape index (κ2) is 6.17. The maximum atomic E-state index is 13.7. The molecule has 5 nitrogen and oxygen atoms in total. The first-order valence-electron chi connectivity index (χ1n) is 9.38. The Kier molecular flexibility index (Phi) is 3.84. The van der Waals surface area contributed by atoms with Gasteiger partial charge in [-0.2, -0.15) is 0 Å². The molecule has 1 fully saturated rings. The lowest BCUT2D eigenvalue weighted by atomic mass is 9.67. The summed E-state index contributed by atoms with van der Waals surface area (Å²) >= 11 is 0. The first-order chi connectivity index (χ1) is 13.4. The molecule has 2 heterocycles. The van der Waals surface area contributed by atoms with Gasteiger partial charge in [0.1, 0.15) is 35.6 Å². The van der Waals surface area contributed by atoms with E-state index in [9.17, 15) is 13.9 Å². The van der Waals surface area contributed by atoms with Crippen molar-refractivity contribution in [2.24, 2.45) is 16.6 Å². The van der Waals surface area contributed by atoms with E-state index in [0.29, 0.717) is 29.7 Å². The zero-order valence-corrected chi connectivity index (χ0v) is 15.1. The number of hydrogen-bond acceptors (Lipinski definition) is 5. The summed E-state index contributed by atoms with van der Waals surface area (Å²) in [6.07, 6.45) is 1.41. The van der Waals surface area contributed by atoms with E-state index in [1.165, 1.54) is 12.1 Å². The maximum absolute atomic E-state index is 13.7. The minimum absolute atomic E-state index is 0.0911. The second-order valence-electron chi connectivity index (χ2n) is 7.76. The van der Waals surface area contributed by atoms with Crippen LogP contribution in [0.3, 0.4) is 0 Å². The summed E-state index contributed by atoms with van der Waals surface area (Å²) in [4.78, 5) is 4.64. The van der Waals surface area contributed by atoms with E-state index in [4.69, 9.17) is 15.2 Å². The standard InChI is InChI=1S/C21H20F2N2O3/c22-13-5-12(6-14(23)8-13)11-1-3-18-16(7-11)21(10-27-20(24)25-21)17-9-15(26)2-4-19(17)28-18/h1,3,5-8,15,17,19,26H,2,4,9-10H2,(H2,24,25)/t15-,17-,19?,21?/m0/s1. The minimum atomic E-state index is -0.772. The van der Waals surface area contributed by atoms with E-state index in [2.05, 4.69) is 4.99 Å². The number of nitrogens with zero attached hydrogens (tertiary/aromatic N) is 1. The van der Waals surface area contributed by atoms with Gasteiger partial charge < -0.3 is 20.3 Å². The lowest BCUT2D eigenvalue weighted by Gasteiger charge is -2.47. The van der Waals surface area contributed by atoms with E-state index < -0.39 is 23.3 Å². The van der Waals surface area contributed by atoms with Gasteiger partial charge in [0.2, 0.25) is 0 Å². The number of nitrogens with two attached hydrogens (primary N) is 1. The van der Waals surface area contributed by atoms with Crippen LogP contribution < -0.4 is 10.5 Å². The number of rotatable bonds is 1. The predicted molar refractivity (Wildman–Crippen MR) is 98.8 cm³/mol. The molecule has 0 radical (unpaired) electrons. The first kappa shape index (κ1) is 17.4. The number of aliphatic hydroxyl groups excluding tert-OH is 1. The molecule has 3 N–H and O–H groups in total. The van der Waals surface area contributed by atoms with Gasteiger partial charge in [-0.05, 0) is 54.7 Å². The summed E-state index contributed by atoms with van der Waals surface area (Å²) in [5.41, 5.74) is 6.94. The number of aliphatic imine (C=N–C) groups is 1. The summed E-state index contributed by atoms with van der Waals surface area (Å²) < 4.78 is 39.2. The van der Waals surface area contributed by atoms with Crippen molar-refractivity contribution < 1.29 is 23.4 Å². The number of amidine groups is 1. The van der Waals surface area contributed by atoms with Crippen LogP contribution in [-0.4, -0.2) is 29.9 Å². The Bertz CT molecular complexity index is 960. The Morgan fingerprint density at radius 2 is 1.86 bits per heavy atom. The lowest BCUT2D eigenvalue weighted by Crippen LogP contribution is -2.51. The van der Waals surface area contributed by atoms with Crippen LogP contribution in [0.25, 0.3) is 11.1 Å². The van der Waals surface area contributed by atoms with Gasteiger partial charge in [-0.1, -0.05) is 6.07 Å². The van der Waals surface area contributed by atoms with Crippen molar-refractivity contribution >= 4 is 6.02 Å². The summed E-state index contributed by atoms with van der Waals surface area (Å²) in [6.45, 7) is 0.254. The Morgan fingerprint density at radius 1 is 1.07 bits per heavy atom. The molecule has 0 amide bonds. The lowest BCUT2D eigenvalue weighted by molar-refractivity contribution is -0.0359. The third-order valence-corrected chi connectivity index (χ3v) is 6.04. The van der Waals surface area contributed by atoms with Crippen LogP contribution in [0.2, 0.25) is 0 Å². The van der Waals surface area contributed by atoms with Gasteiger partial charge in [-0.15, -0.1) is 0 Å². The number of benzene rings is 2. The number of hydrogen-bond donors (Lipinski definition) is 2. The number of fused-ring (bicyclic) bond motifs is 4. The Balaban J connectivity index is 1.67. The molecular formula is C21H20F2N2O3. The molecule has 2 aromatic rings. The molecule has 5 rings (SSSR count). The Morgan fingerprint density at radius 3 is 2.57 bits per heavy atom. The minimum Gasteiger partial charge on any atom is -0.490 e. The number of ether oxygens (including phenoxy) is 2. The summed E-state index contributed by atoms with van der Waals surface area (Å²) in [5.74, 6) is -0.703. The van der Waals surface area contributed by atoms with Crippen LogP contribution in [0, 0.1) is 17.6 Å². The number of aliphatic hydroxyl groups is 1. The molecule has 4 atom stereocenters. The zero-order valence-electron chi connectivity index (χ0n) is 15.1. The van der Waals surface area contributed by atoms with Crippen LogP contribution in [0.5, 0.6) is 5.75 Å². The van der Waals surface area contributed by atoms with Crippen LogP contribution >= 0.6 is 0 Å². The molecule has 1 aliphatic carbocycles. The second-order valence-corrected chi connectivity index (χ2v) is 7.76. The van der Waals surface area contributed by atoms with Crippen molar-refractivity contribution in [1.82, 2.24) is 0 Å². The van der Waals surface area contributed by atoms with Gasteiger partial charge in [0, 0.05) is 17.5 Å². The normalized spacial score (nSPS) is 30.8. The van der Waals surface area contributed by atoms with Crippen LogP contribution in [0.15, 0.2) is 41.4 Å². The van der Waals surface area contributed by atoms with Crippen LogP contribution in [-0.2, 0) is 10.3 Å². The highest BCUT2D eigenvalue weighted by Crippen LogP contribution is 2.53. The maximum Gasteiger partial charge on any atom is 0.283 e. The molecule has 1 saturated carbocycles. The van der Waals surface area contributed by atoms with Crippen molar-refractivity contribution in [2.75, 3.05) is 6.61 Å². The van der Waals surface area contributed by atoms with Crippen LogP contribution in [0.1, 0.15) is 24.8 Å². The highest BCUT2D eigenvalue weighted by molar-refractivity contribution is 5.75. The summed E-state index contributed by atoms with van der Waals surface area (Å²) in [7, 11) is 0. The van der Waals surface area contributed by atoms with Crippen LogP contribution in [0.4, 0.5) is 8.78 Å². The molecule has 28 heavy (non-hydrogen) atoms. The SMILES string of the molecule is NC1=NC2(CO1)c1cc(-c3cc(F)cc(F)c3)ccc1OC1CC[C@H](O)C[C@@H]12. The Hall–Kier alpha value is -2.67. The van der Waals surface area contributed by atoms with E-state index >= 15 is 0 Å². The zero-order chi connectivity index (χ0) is 19.5. The molecule has 3 aliphatic rings. The third-order valence-electron chi connectivity index (χ3n) is 6.04. The molecule has 0 aromatic heterocycles. The molecule has 2 aromatic carbocycles. The quantitative estimate of drug-likeness (QED) is 0.790. The smallest absolute Gasteiger partial charge is 0.283 e. The predicted octanol–water partition coefficient (Wildman–Crippen LogP) is 3.09. The molecule has 0 saturated heterocycles. The summed E-state index contributed by atoms with van der Waals surface area (Å²) in [6, 6.07) is 8.95. The van der Waals surface area contributed by atoms with Gasteiger partial charge in [-0.25, -0.2) is 13.8 Å². The monoisotopic (exact) mass is 386 g/mol. The third kappa shape index (κ3) is 2.64. The highest BCUT2D eigenvalue weighted by atomic mass is 19.1. The molecule has 1 spiro atoms. The van der Waals surface area contributed by atoms with Crippen molar-refractivity contribution in [2.45, 2.75) is 37.0 Å². The van der Waals surface area contributed by atoms with Gasteiger partial charge in [0.25, 0.3) is 6.02 Å². The van der Waals surface area contributed by atoms with Gasteiger partial charge in [-0.3, -0.25) is 0 Å². The molecule has 7 heteroatoms. The van der Waals surface area contributed by atoms with E-state index in [1.807, 2.05) is 6.07 Å². The number of halogens is 2. The van der Waals surface area contributed by atoms with Crippen molar-refractivity contribution in [1.29, 1.82) is 0 Å². The van der Waals surface area contributed by atoms with Crippen molar-refractivity contribution in [3.8, 4) is 16.9 Å². The molecular weight excluding hydrogens is 366 g/mol. The molecule has 0 bridgehead atoms. The fourth-order valence-electron chi connectivity index (χ4n) is 4.77. The van der Waals surface area contributed by atoms with Crippen molar-refractivity contribution in [3.63, 3.8) is 0 Å². The summed E-state index contributed by atoms with van der Waals surface area (Å²) in [5, 5.41) is 10.2. The highest BCUT2D eigenvalue weighted by Gasteiger charge is 2.55. The topological polar surface area (TPSA) is 77.1 Å². The molecule has 146 valence electrons. The van der Waals surface area contributed by atoms with Gasteiger partial charge in [0.05, 0.1) is 6.10 Å². The van der Waals surface area contributed by atoms with E-state index in [1.54, 1.807) is 12.1 Å².